The van der Waals surface area contributed by atoms with E-state index in [1.807, 2.05) is 0 Å². The van der Waals surface area contributed by atoms with Gasteiger partial charge in [-0.1, -0.05) is 27.2 Å². The van der Waals surface area contributed by atoms with Gasteiger partial charge in [-0.2, -0.15) is 0 Å². The molecule has 2 atom stereocenters. The third kappa shape index (κ3) is 4.12. The Labute approximate surface area is 94.0 Å². The molecule has 1 N–H and O–H groups in total. The highest BCUT2D eigenvalue weighted by molar-refractivity contribution is 4.87. The molecule has 0 amide bonds. The Morgan fingerprint density at radius 2 is 2.13 bits per heavy atom. The van der Waals surface area contributed by atoms with E-state index in [0.717, 1.165) is 44.6 Å². The van der Waals surface area contributed by atoms with Gasteiger partial charge in [-0.15, -0.1) is 0 Å². The van der Waals surface area contributed by atoms with Crippen molar-refractivity contribution in [2.75, 3.05) is 6.61 Å². The summed E-state index contributed by atoms with van der Waals surface area (Å²) in [4.78, 5) is 0. The van der Waals surface area contributed by atoms with Crippen LogP contribution in [-0.2, 0) is 4.74 Å². The summed E-state index contributed by atoms with van der Waals surface area (Å²) in [6.45, 7) is 7.43. The van der Waals surface area contributed by atoms with E-state index in [1.165, 1.54) is 6.42 Å². The minimum absolute atomic E-state index is 0.0172. The second-order valence-electron chi connectivity index (χ2n) is 5.36. The predicted octanol–water partition coefficient (Wildman–Crippen LogP) is 3.13. The van der Waals surface area contributed by atoms with Gasteiger partial charge in [-0.05, 0) is 31.6 Å². The van der Waals surface area contributed by atoms with Crippen molar-refractivity contribution in [1.29, 1.82) is 0 Å². The maximum atomic E-state index is 9.76. The summed E-state index contributed by atoms with van der Waals surface area (Å²) in [5.74, 6) is 0.724. The van der Waals surface area contributed by atoms with E-state index in [-0.39, 0.29) is 11.7 Å². The van der Waals surface area contributed by atoms with Gasteiger partial charge in [0.25, 0.3) is 0 Å². The smallest absolute Gasteiger partial charge is 0.0707 e. The molecular weight excluding hydrogens is 188 g/mol. The summed E-state index contributed by atoms with van der Waals surface area (Å²) >= 11 is 0. The SMILES string of the molecule is CCCC1(CCC(C)C)CC(O)CCO1. The molecule has 0 saturated carbocycles. The van der Waals surface area contributed by atoms with Crippen LogP contribution in [0.2, 0.25) is 0 Å². The van der Waals surface area contributed by atoms with Crippen LogP contribution in [0.3, 0.4) is 0 Å². The third-order valence-corrected chi connectivity index (χ3v) is 3.35. The van der Waals surface area contributed by atoms with Gasteiger partial charge in [-0.25, -0.2) is 0 Å². The quantitative estimate of drug-likeness (QED) is 0.762. The molecule has 0 aromatic heterocycles. The standard InChI is InChI=1S/C13H26O2/c1-4-7-13(8-5-11(2)3)10-12(14)6-9-15-13/h11-12,14H,4-10H2,1-3H3. The second-order valence-corrected chi connectivity index (χ2v) is 5.36. The normalized spacial score (nSPS) is 32.2. The lowest BCUT2D eigenvalue weighted by molar-refractivity contribution is -0.128. The topological polar surface area (TPSA) is 29.5 Å². The number of ether oxygens (including phenoxy) is 1. The van der Waals surface area contributed by atoms with Gasteiger partial charge < -0.3 is 9.84 Å². The van der Waals surface area contributed by atoms with E-state index in [1.54, 1.807) is 0 Å². The summed E-state index contributed by atoms with van der Waals surface area (Å²) in [7, 11) is 0. The van der Waals surface area contributed by atoms with Gasteiger partial charge in [0, 0.05) is 13.0 Å². The van der Waals surface area contributed by atoms with Gasteiger partial charge in [-0.3, -0.25) is 0 Å². The van der Waals surface area contributed by atoms with E-state index in [9.17, 15) is 5.11 Å². The highest BCUT2D eigenvalue weighted by Crippen LogP contribution is 2.34. The van der Waals surface area contributed by atoms with Gasteiger partial charge in [0.05, 0.1) is 11.7 Å². The fraction of sp³-hybridized carbons (Fsp3) is 1.00. The molecule has 1 aliphatic heterocycles. The number of hydrogen-bond donors (Lipinski definition) is 1. The van der Waals surface area contributed by atoms with Gasteiger partial charge in [0.15, 0.2) is 0 Å². The van der Waals surface area contributed by atoms with E-state index in [0.29, 0.717) is 0 Å². The van der Waals surface area contributed by atoms with E-state index < -0.39 is 0 Å². The molecule has 2 heteroatoms. The van der Waals surface area contributed by atoms with E-state index in [4.69, 9.17) is 4.74 Å². The first-order valence-corrected chi connectivity index (χ1v) is 6.40. The first-order valence-electron chi connectivity index (χ1n) is 6.40. The van der Waals surface area contributed by atoms with Gasteiger partial charge >= 0.3 is 0 Å². The van der Waals surface area contributed by atoms with E-state index in [2.05, 4.69) is 20.8 Å². The minimum Gasteiger partial charge on any atom is -0.393 e. The highest BCUT2D eigenvalue weighted by Gasteiger charge is 2.35. The second kappa shape index (κ2) is 5.86. The van der Waals surface area contributed by atoms with Crippen LogP contribution in [0.4, 0.5) is 0 Å². The van der Waals surface area contributed by atoms with Crippen molar-refractivity contribution in [1.82, 2.24) is 0 Å². The van der Waals surface area contributed by atoms with Crippen molar-refractivity contribution < 1.29 is 9.84 Å². The van der Waals surface area contributed by atoms with Crippen LogP contribution < -0.4 is 0 Å². The van der Waals surface area contributed by atoms with Crippen molar-refractivity contribution in [3.8, 4) is 0 Å². The maximum absolute atomic E-state index is 9.76. The lowest BCUT2D eigenvalue weighted by Gasteiger charge is -2.40. The lowest BCUT2D eigenvalue weighted by Crippen LogP contribution is -2.42. The molecule has 1 saturated heterocycles. The fourth-order valence-electron chi connectivity index (χ4n) is 2.48. The Balaban J connectivity index is 2.52. The summed E-state index contributed by atoms with van der Waals surface area (Å²) in [6, 6.07) is 0. The summed E-state index contributed by atoms with van der Waals surface area (Å²) in [6.07, 6.45) is 6.06. The molecule has 0 aliphatic carbocycles. The van der Waals surface area contributed by atoms with Crippen molar-refractivity contribution in [3.05, 3.63) is 0 Å². The molecule has 15 heavy (non-hydrogen) atoms. The Morgan fingerprint density at radius 3 is 2.67 bits per heavy atom. The number of aliphatic hydroxyl groups is 1. The predicted molar refractivity (Wildman–Crippen MR) is 62.9 cm³/mol. The largest absolute Gasteiger partial charge is 0.393 e. The molecule has 1 rings (SSSR count). The molecule has 0 aromatic carbocycles. The Hall–Kier alpha value is -0.0800. The molecule has 2 nitrogen and oxygen atoms in total. The minimum atomic E-state index is -0.141. The molecule has 1 heterocycles. The van der Waals surface area contributed by atoms with Crippen molar-refractivity contribution in [2.45, 2.75) is 71.0 Å². The molecule has 0 spiro atoms. The van der Waals surface area contributed by atoms with Crippen LogP contribution in [0, 0.1) is 5.92 Å². The Morgan fingerprint density at radius 1 is 1.40 bits per heavy atom. The number of rotatable bonds is 5. The Bertz CT molecular complexity index is 175. The van der Waals surface area contributed by atoms with Gasteiger partial charge in [0.1, 0.15) is 0 Å². The van der Waals surface area contributed by atoms with Crippen LogP contribution in [0.5, 0.6) is 0 Å². The third-order valence-electron chi connectivity index (χ3n) is 3.35. The van der Waals surface area contributed by atoms with Crippen molar-refractivity contribution >= 4 is 0 Å². The molecule has 0 radical (unpaired) electrons. The zero-order chi connectivity index (χ0) is 11.3. The summed E-state index contributed by atoms with van der Waals surface area (Å²) in [5, 5.41) is 9.76. The van der Waals surface area contributed by atoms with Crippen molar-refractivity contribution in [2.24, 2.45) is 5.92 Å². The molecule has 1 aliphatic rings. The maximum Gasteiger partial charge on any atom is 0.0707 e. The number of hydrogen-bond acceptors (Lipinski definition) is 2. The fourth-order valence-corrected chi connectivity index (χ4v) is 2.48. The molecular formula is C13H26O2. The molecule has 0 bridgehead atoms. The average Bonchev–Trinajstić information content (AvgIpc) is 2.15. The van der Waals surface area contributed by atoms with Crippen LogP contribution in [0.15, 0.2) is 0 Å². The van der Waals surface area contributed by atoms with Crippen molar-refractivity contribution in [3.63, 3.8) is 0 Å². The summed E-state index contributed by atoms with van der Waals surface area (Å²) in [5.41, 5.74) is -0.0172. The summed E-state index contributed by atoms with van der Waals surface area (Å²) < 4.78 is 5.97. The highest BCUT2D eigenvalue weighted by atomic mass is 16.5. The molecule has 90 valence electrons. The van der Waals surface area contributed by atoms with Crippen LogP contribution >= 0.6 is 0 Å². The first-order chi connectivity index (χ1) is 7.08. The average molecular weight is 214 g/mol. The monoisotopic (exact) mass is 214 g/mol. The first kappa shape index (κ1) is 13.0. The molecule has 0 aromatic rings. The molecule has 1 fully saturated rings. The Kier molecular flexibility index (Phi) is 5.07. The number of aliphatic hydroxyl groups excluding tert-OH is 1. The molecule has 2 unspecified atom stereocenters. The zero-order valence-corrected chi connectivity index (χ0v) is 10.5. The van der Waals surface area contributed by atoms with Crippen LogP contribution in [0.1, 0.15) is 59.3 Å². The van der Waals surface area contributed by atoms with E-state index >= 15 is 0 Å². The van der Waals surface area contributed by atoms with Crippen LogP contribution in [0.25, 0.3) is 0 Å². The van der Waals surface area contributed by atoms with Crippen LogP contribution in [-0.4, -0.2) is 23.4 Å². The zero-order valence-electron chi connectivity index (χ0n) is 10.5. The lowest BCUT2D eigenvalue weighted by atomic mass is 9.82. The van der Waals surface area contributed by atoms with Gasteiger partial charge in [0.2, 0.25) is 0 Å².